The van der Waals surface area contributed by atoms with Crippen molar-refractivity contribution in [3.63, 3.8) is 0 Å². The summed E-state index contributed by atoms with van der Waals surface area (Å²) in [5.74, 6) is 0.598. The molecule has 1 aliphatic heterocycles. The molecule has 0 aliphatic carbocycles. The molecule has 1 heterocycles. The van der Waals surface area contributed by atoms with Crippen LogP contribution in [-0.2, 0) is 10.3 Å². The Morgan fingerprint density at radius 3 is 2.41 bits per heavy atom. The summed E-state index contributed by atoms with van der Waals surface area (Å²) >= 11 is 0. The Labute approximate surface area is 171 Å². The van der Waals surface area contributed by atoms with Gasteiger partial charge in [-0.3, -0.25) is 9.69 Å². The summed E-state index contributed by atoms with van der Waals surface area (Å²) < 4.78 is 5.77. The summed E-state index contributed by atoms with van der Waals surface area (Å²) in [7, 11) is 0. The number of urea groups is 1. The predicted octanol–water partition coefficient (Wildman–Crippen LogP) is 3.33. The second-order valence-corrected chi connectivity index (χ2v) is 7.99. The Morgan fingerprint density at radius 2 is 1.76 bits per heavy atom. The monoisotopic (exact) mass is 396 g/mol. The van der Waals surface area contributed by atoms with E-state index in [9.17, 15) is 14.7 Å². The first-order valence-corrected chi connectivity index (χ1v) is 9.83. The van der Waals surface area contributed by atoms with E-state index in [-0.39, 0.29) is 25.0 Å². The van der Waals surface area contributed by atoms with Crippen molar-refractivity contribution < 1.29 is 19.4 Å². The van der Waals surface area contributed by atoms with Crippen LogP contribution in [0.3, 0.4) is 0 Å². The lowest BCUT2D eigenvalue weighted by molar-refractivity contribution is -0.132. The Bertz CT molecular complexity index is 894. The molecule has 1 saturated heterocycles. The van der Waals surface area contributed by atoms with Gasteiger partial charge in [-0.2, -0.15) is 0 Å². The van der Waals surface area contributed by atoms with Gasteiger partial charge in [-0.15, -0.1) is 0 Å². The van der Waals surface area contributed by atoms with Crippen LogP contribution in [0.15, 0.2) is 48.5 Å². The van der Waals surface area contributed by atoms with Crippen LogP contribution in [0.5, 0.6) is 5.75 Å². The molecule has 6 nitrogen and oxygen atoms in total. The number of nitrogens with zero attached hydrogens (tertiary/aromatic N) is 1. The number of aliphatic hydroxyl groups excluding tert-OH is 1. The van der Waals surface area contributed by atoms with E-state index in [1.54, 1.807) is 6.92 Å². The minimum absolute atomic E-state index is 0.0119. The zero-order valence-electron chi connectivity index (χ0n) is 17.3. The van der Waals surface area contributed by atoms with Gasteiger partial charge in [0.1, 0.15) is 24.0 Å². The molecule has 0 bridgehead atoms. The van der Waals surface area contributed by atoms with Crippen molar-refractivity contribution in [2.24, 2.45) is 0 Å². The first-order chi connectivity index (χ1) is 13.7. The van der Waals surface area contributed by atoms with E-state index < -0.39 is 17.7 Å². The van der Waals surface area contributed by atoms with Gasteiger partial charge in [0.15, 0.2) is 0 Å². The Kier molecular flexibility index (Phi) is 5.94. The zero-order valence-corrected chi connectivity index (χ0v) is 17.3. The third-order valence-electron chi connectivity index (χ3n) is 5.27. The van der Waals surface area contributed by atoms with Crippen LogP contribution >= 0.6 is 0 Å². The van der Waals surface area contributed by atoms with Crippen LogP contribution in [0.4, 0.5) is 4.79 Å². The van der Waals surface area contributed by atoms with E-state index in [2.05, 4.69) is 19.2 Å². The van der Waals surface area contributed by atoms with Crippen molar-refractivity contribution in [3.05, 3.63) is 65.2 Å². The van der Waals surface area contributed by atoms with E-state index in [4.69, 9.17) is 4.74 Å². The molecule has 6 heteroatoms. The van der Waals surface area contributed by atoms with Crippen molar-refractivity contribution in [2.45, 2.75) is 45.3 Å². The lowest BCUT2D eigenvalue weighted by Gasteiger charge is -2.23. The fraction of sp³-hybridized carbons (Fsp3) is 0.391. The number of imide groups is 1. The number of β-amino-alcohol motifs (C(OH)–C–C–N with tert-alkyl or cyclic N) is 1. The number of benzene rings is 2. The fourth-order valence-corrected chi connectivity index (χ4v) is 3.48. The lowest BCUT2D eigenvalue weighted by atomic mass is 9.91. The van der Waals surface area contributed by atoms with Crippen LogP contribution < -0.4 is 10.1 Å². The topological polar surface area (TPSA) is 78.9 Å². The van der Waals surface area contributed by atoms with Crippen molar-refractivity contribution in [2.75, 3.05) is 13.2 Å². The van der Waals surface area contributed by atoms with Gasteiger partial charge in [-0.05, 0) is 37.0 Å². The molecule has 3 amide bonds. The van der Waals surface area contributed by atoms with Crippen molar-refractivity contribution in [3.8, 4) is 5.75 Å². The number of hydrogen-bond acceptors (Lipinski definition) is 4. The van der Waals surface area contributed by atoms with E-state index in [0.717, 1.165) is 16.0 Å². The molecule has 3 rings (SSSR count). The summed E-state index contributed by atoms with van der Waals surface area (Å²) in [5, 5.41) is 13.2. The average Bonchev–Trinajstić information content (AvgIpc) is 2.91. The third-order valence-corrected chi connectivity index (χ3v) is 5.27. The van der Waals surface area contributed by atoms with Crippen molar-refractivity contribution in [1.82, 2.24) is 10.2 Å². The Balaban J connectivity index is 1.66. The maximum atomic E-state index is 13.0. The quantitative estimate of drug-likeness (QED) is 0.704. The number of nitrogens with one attached hydrogen (secondary N) is 1. The molecule has 1 aliphatic rings. The van der Waals surface area contributed by atoms with E-state index in [1.165, 1.54) is 0 Å². The minimum Gasteiger partial charge on any atom is -0.491 e. The van der Waals surface area contributed by atoms with E-state index in [1.807, 2.05) is 55.5 Å². The first-order valence-electron chi connectivity index (χ1n) is 9.83. The van der Waals surface area contributed by atoms with Gasteiger partial charge in [-0.25, -0.2) is 4.79 Å². The van der Waals surface area contributed by atoms with Crippen LogP contribution in [0.2, 0.25) is 0 Å². The minimum atomic E-state index is -1.14. The molecule has 29 heavy (non-hydrogen) atoms. The molecule has 2 aromatic carbocycles. The van der Waals surface area contributed by atoms with Gasteiger partial charge < -0.3 is 15.2 Å². The molecular weight excluding hydrogens is 368 g/mol. The molecular formula is C23H28N2O4. The largest absolute Gasteiger partial charge is 0.491 e. The SMILES string of the molecule is Cc1ccc([C@]2(C)NC(=O)N(C[C@@H](O)COc3ccccc3C(C)C)C2=O)cc1. The maximum Gasteiger partial charge on any atom is 0.325 e. The highest BCUT2D eigenvalue weighted by Gasteiger charge is 2.49. The highest BCUT2D eigenvalue weighted by Crippen LogP contribution is 2.29. The first kappa shape index (κ1) is 20.9. The highest BCUT2D eigenvalue weighted by atomic mass is 16.5. The zero-order chi connectivity index (χ0) is 21.2. The lowest BCUT2D eigenvalue weighted by Crippen LogP contribution is -2.42. The number of hydrogen-bond donors (Lipinski definition) is 2. The highest BCUT2D eigenvalue weighted by molar-refractivity contribution is 6.07. The second kappa shape index (κ2) is 8.25. The number of aliphatic hydroxyl groups is 1. The second-order valence-electron chi connectivity index (χ2n) is 7.99. The molecule has 2 aromatic rings. The normalized spacial score (nSPS) is 20.1. The summed E-state index contributed by atoms with van der Waals surface area (Å²) in [6.45, 7) is 7.63. The van der Waals surface area contributed by atoms with Crippen molar-refractivity contribution in [1.29, 1.82) is 0 Å². The number of carbonyl (C=O) groups excluding carboxylic acids is 2. The van der Waals surface area contributed by atoms with Crippen LogP contribution in [0.25, 0.3) is 0 Å². The molecule has 0 saturated carbocycles. The van der Waals surface area contributed by atoms with Gasteiger partial charge >= 0.3 is 6.03 Å². The molecule has 2 N–H and O–H groups in total. The smallest absolute Gasteiger partial charge is 0.325 e. The maximum absolute atomic E-state index is 13.0. The number of amides is 3. The van der Waals surface area contributed by atoms with Crippen LogP contribution in [0, 0.1) is 6.92 Å². The third kappa shape index (κ3) is 4.27. The summed E-state index contributed by atoms with van der Waals surface area (Å²) in [6, 6.07) is 14.6. The van der Waals surface area contributed by atoms with Crippen LogP contribution in [0.1, 0.15) is 43.4 Å². The van der Waals surface area contributed by atoms with E-state index in [0.29, 0.717) is 11.3 Å². The fourth-order valence-electron chi connectivity index (χ4n) is 3.48. The van der Waals surface area contributed by atoms with E-state index >= 15 is 0 Å². The molecule has 0 radical (unpaired) electrons. The number of carbonyl (C=O) groups is 2. The number of para-hydroxylation sites is 1. The number of rotatable bonds is 7. The van der Waals surface area contributed by atoms with Gasteiger partial charge in [-0.1, -0.05) is 61.9 Å². The summed E-state index contributed by atoms with van der Waals surface area (Å²) in [4.78, 5) is 26.5. The average molecular weight is 396 g/mol. The molecule has 2 atom stereocenters. The molecule has 154 valence electrons. The standard InChI is InChI=1S/C23H28N2O4/c1-15(2)19-7-5-6-8-20(19)29-14-18(26)13-25-21(27)23(4,24-22(25)28)17-11-9-16(3)10-12-17/h5-12,15,18,26H,13-14H2,1-4H3,(H,24,28)/t18-,23+/m1/s1. The van der Waals surface area contributed by atoms with Gasteiger partial charge in [0.25, 0.3) is 5.91 Å². The molecule has 0 aromatic heterocycles. The molecule has 0 spiro atoms. The van der Waals surface area contributed by atoms with Gasteiger partial charge in [0.05, 0.1) is 6.54 Å². The number of aryl methyl sites for hydroxylation is 1. The Morgan fingerprint density at radius 1 is 1.10 bits per heavy atom. The van der Waals surface area contributed by atoms with Gasteiger partial charge in [0, 0.05) is 0 Å². The van der Waals surface area contributed by atoms with Gasteiger partial charge in [0.2, 0.25) is 0 Å². The molecule has 1 fully saturated rings. The predicted molar refractivity (Wildman–Crippen MR) is 111 cm³/mol. The summed E-state index contributed by atoms with van der Waals surface area (Å²) in [5.41, 5.74) is 1.68. The van der Waals surface area contributed by atoms with Crippen LogP contribution in [-0.4, -0.2) is 41.2 Å². The Hall–Kier alpha value is -2.86. The molecule has 0 unspecified atom stereocenters. The summed E-state index contributed by atoms with van der Waals surface area (Å²) in [6.07, 6.45) is -0.995. The number of ether oxygens (including phenoxy) is 1. The van der Waals surface area contributed by atoms with Crippen molar-refractivity contribution >= 4 is 11.9 Å².